The fourth-order valence-electron chi connectivity index (χ4n) is 5.50. The molecular formula is C26H30N2O2. The molecule has 0 spiro atoms. The number of amides is 2. The van der Waals surface area contributed by atoms with Gasteiger partial charge in [0.05, 0.1) is 0 Å². The molecule has 1 saturated carbocycles. The Bertz CT molecular complexity index is 965. The van der Waals surface area contributed by atoms with E-state index in [0.717, 1.165) is 31.4 Å². The van der Waals surface area contributed by atoms with E-state index in [9.17, 15) is 9.59 Å². The van der Waals surface area contributed by atoms with Crippen LogP contribution in [0.1, 0.15) is 56.0 Å². The minimum atomic E-state index is -0.264. The van der Waals surface area contributed by atoms with Crippen molar-refractivity contribution in [2.75, 3.05) is 6.54 Å². The summed E-state index contributed by atoms with van der Waals surface area (Å²) >= 11 is 0. The van der Waals surface area contributed by atoms with Crippen molar-refractivity contribution >= 4 is 17.9 Å². The maximum Gasteiger partial charge on any atom is 0.270 e. The Morgan fingerprint density at radius 1 is 0.967 bits per heavy atom. The minimum Gasteiger partial charge on any atom is -0.334 e. The average Bonchev–Trinajstić information content (AvgIpc) is 2.97. The zero-order valence-corrected chi connectivity index (χ0v) is 18.0. The van der Waals surface area contributed by atoms with E-state index in [0.29, 0.717) is 11.3 Å². The largest absolute Gasteiger partial charge is 0.334 e. The lowest BCUT2D eigenvalue weighted by Gasteiger charge is -2.39. The first kappa shape index (κ1) is 20.4. The second kappa shape index (κ2) is 7.75. The number of nitrogens with one attached hydrogen (secondary N) is 1. The number of carbonyl (C=O) groups excluding carboxylic acids is 2. The molecule has 4 rings (SSSR count). The SMILES string of the molecule is CC1(C)C[C@H]2C[C@](C)(CN2C(=O)/C(=C\c2ccccc2)NC(=O)c2ccccc2)C1. The van der Waals surface area contributed by atoms with Crippen LogP contribution in [0.2, 0.25) is 0 Å². The molecule has 2 aromatic carbocycles. The van der Waals surface area contributed by atoms with Crippen LogP contribution < -0.4 is 5.32 Å². The predicted octanol–water partition coefficient (Wildman–Crippen LogP) is 4.88. The van der Waals surface area contributed by atoms with E-state index in [2.05, 4.69) is 26.1 Å². The lowest BCUT2D eigenvalue weighted by atomic mass is 9.65. The molecule has 1 N–H and O–H groups in total. The summed E-state index contributed by atoms with van der Waals surface area (Å²) in [5.74, 6) is -0.352. The van der Waals surface area contributed by atoms with Crippen molar-refractivity contribution in [1.29, 1.82) is 0 Å². The van der Waals surface area contributed by atoms with Gasteiger partial charge in [0.2, 0.25) is 0 Å². The fourth-order valence-corrected chi connectivity index (χ4v) is 5.50. The number of hydrogen-bond acceptors (Lipinski definition) is 2. The number of fused-ring (bicyclic) bond motifs is 2. The van der Waals surface area contributed by atoms with E-state index < -0.39 is 0 Å². The molecule has 1 aliphatic heterocycles. The van der Waals surface area contributed by atoms with E-state index in [1.807, 2.05) is 53.4 Å². The first-order chi connectivity index (χ1) is 14.2. The smallest absolute Gasteiger partial charge is 0.270 e. The highest BCUT2D eigenvalue weighted by Gasteiger charge is 2.51. The van der Waals surface area contributed by atoms with Crippen molar-refractivity contribution in [1.82, 2.24) is 10.2 Å². The Kier molecular flexibility index (Phi) is 5.27. The predicted molar refractivity (Wildman–Crippen MR) is 120 cm³/mol. The van der Waals surface area contributed by atoms with Crippen LogP contribution >= 0.6 is 0 Å². The second-order valence-electron chi connectivity index (χ2n) is 9.94. The van der Waals surface area contributed by atoms with Crippen molar-refractivity contribution in [3.8, 4) is 0 Å². The molecule has 0 unspecified atom stereocenters. The highest BCUT2D eigenvalue weighted by atomic mass is 16.2. The Labute approximate surface area is 179 Å². The topological polar surface area (TPSA) is 49.4 Å². The van der Waals surface area contributed by atoms with Gasteiger partial charge in [0.1, 0.15) is 5.70 Å². The van der Waals surface area contributed by atoms with E-state index >= 15 is 0 Å². The van der Waals surface area contributed by atoms with Gasteiger partial charge in [-0.25, -0.2) is 0 Å². The highest BCUT2D eigenvalue weighted by molar-refractivity contribution is 6.05. The van der Waals surface area contributed by atoms with Gasteiger partial charge in [0.15, 0.2) is 0 Å². The van der Waals surface area contributed by atoms with Gasteiger partial charge >= 0.3 is 0 Å². The molecule has 0 aromatic heterocycles. The summed E-state index contributed by atoms with van der Waals surface area (Å²) in [5, 5.41) is 2.90. The van der Waals surface area contributed by atoms with Gasteiger partial charge in [-0.2, -0.15) is 0 Å². The quantitative estimate of drug-likeness (QED) is 0.741. The van der Waals surface area contributed by atoms with Crippen molar-refractivity contribution in [3.05, 3.63) is 77.5 Å². The number of benzene rings is 2. The molecule has 4 heteroatoms. The normalized spacial score (nSPS) is 25.1. The van der Waals surface area contributed by atoms with E-state index in [1.165, 1.54) is 0 Å². The van der Waals surface area contributed by atoms with Gasteiger partial charge in [0.25, 0.3) is 11.8 Å². The Morgan fingerprint density at radius 3 is 2.27 bits per heavy atom. The third kappa shape index (κ3) is 4.33. The third-order valence-corrected chi connectivity index (χ3v) is 6.30. The number of rotatable bonds is 4. The van der Waals surface area contributed by atoms with Crippen LogP contribution in [0.15, 0.2) is 66.4 Å². The van der Waals surface area contributed by atoms with Crippen LogP contribution in [0.3, 0.4) is 0 Å². The third-order valence-electron chi connectivity index (χ3n) is 6.30. The van der Waals surface area contributed by atoms with Crippen LogP contribution in [0, 0.1) is 10.8 Å². The van der Waals surface area contributed by atoms with E-state index in [4.69, 9.17) is 0 Å². The van der Waals surface area contributed by atoms with Gasteiger partial charge in [-0.05, 0) is 53.9 Å². The lowest BCUT2D eigenvalue weighted by molar-refractivity contribution is -0.128. The number of carbonyl (C=O) groups is 2. The maximum atomic E-state index is 13.7. The first-order valence-electron chi connectivity index (χ1n) is 10.7. The molecule has 0 radical (unpaired) electrons. The molecule has 156 valence electrons. The monoisotopic (exact) mass is 402 g/mol. The summed E-state index contributed by atoms with van der Waals surface area (Å²) in [5.41, 5.74) is 2.14. The average molecular weight is 403 g/mol. The second-order valence-corrected chi connectivity index (χ2v) is 9.94. The molecule has 1 heterocycles. The molecular weight excluding hydrogens is 372 g/mol. The van der Waals surface area contributed by atoms with Gasteiger partial charge in [-0.15, -0.1) is 0 Å². The molecule has 1 saturated heterocycles. The van der Waals surface area contributed by atoms with Crippen LogP contribution in [-0.4, -0.2) is 29.3 Å². The van der Waals surface area contributed by atoms with Crippen molar-refractivity contribution < 1.29 is 9.59 Å². The van der Waals surface area contributed by atoms with Crippen molar-refractivity contribution in [2.24, 2.45) is 10.8 Å². The highest BCUT2D eigenvalue weighted by Crippen LogP contribution is 2.52. The summed E-state index contributed by atoms with van der Waals surface area (Å²) in [6, 6.07) is 18.9. The molecule has 30 heavy (non-hydrogen) atoms. The number of hydrogen-bond donors (Lipinski definition) is 1. The Hall–Kier alpha value is -2.88. The maximum absolute atomic E-state index is 13.7. The molecule has 2 fully saturated rings. The Balaban J connectivity index is 1.63. The molecule has 2 aromatic rings. The van der Waals surface area contributed by atoms with Gasteiger partial charge < -0.3 is 10.2 Å². The van der Waals surface area contributed by atoms with Crippen LogP contribution in [-0.2, 0) is 4.79 Å². The van der Waals surface area contributed by atoms with Crippen molar-refractivity contribution in [3.63, 3.8) is 0 Å². The van der Waals surface area contributed by atoms with Gasteiger partial charge in [-0.3, -0.25) is 9.59 Å². The Morgan fingerprint density at radius 2 is 1.60 bits per heavy atom. The summed E-state index contributed by atoms with van der Waals surface area (Å²) in [6.45, 7) is 7.62. The minimum absolute atomic E-state index is 0.0884. The summed E-state index contributed by atoms with van der Waals surface area (Å²) in [4.78, 5) is 28.5. The zero-order valence-electron chi connectivity index (χ0n) is 18.0. The molecule has 1 aliphatic carbocycles. The zero-order chi connectivity index (χ0) is 21.4. The number of nitrogens with zero attached hydrogens (tertiary/aromatic N) is 1. The van der Waals surface area contributed by atoms with Crippen molar-refractivity contribution in [2.45, 2.75) is 46.1 Å². The summed E-state index contributed by atoms with van der Waals surface area (Å²) in [6.07, 6.45) is 4.94. The van der Waals surface area contributed by atoms with Crippen LogP contribution in [0.25, 0.3) is 6.08 Å². The van der Waals surface area contributed by atoms with Gasteiger partial charge in [0, 0.05) is 18.2 Å². The molecule has 2 amide bonds. The standard InChI is InChI=1S/C26H30N2O2/c1-25(2)15-21-16-26(3,17-25)18-28(21)24(30)22(14-19-10-6-4-7-11-19)27-23(29)20-12-8-5-9-13-20/h4-14,21H,15-18H2,1-3H3,(H,27,29)/b22-14+/t21-,26-/m0/s1. The molecule has 2 atom stereocenters. The molecule has 2 bridgehead atoms. The van der Waals surface area contributed by atoms with Gasteiger partial charge in [-0.1, -0.05) is 69.3 Å². The van der Waals surface area contributed by atoms with E-state index in [1.54, 1.807) is 18.2 Å². The first-order valence-corrected chi connectivity index (χ1v) is 10.7. The summed E-state index contributed by atoms with van der Waals surface area (Å²) in [7, 11) is 0. The van der Waals surface area contributed by atoms with E-state index in [-0.39, 0.29) is 28.7 Å². The number of likely N-dealkylation sites (tertiary alicyclic amines) is 1. The molecule has 2 aliphatic rings. The summed E-state index contributed by atoms with van der Waals surface area (Å²) < 4.78 is 0. The van der Waals surface area contributed by atoms with Crippen LogP contribution in [0.4, 0.5) is 0 Å². The fraction of sp³-hybridized carbons (Fsp3) is 0.385. The van der Waals surface area contributed by atoms with Crippen LogP contribution in [0.5, 0.6) is 0 Å². The molecule has 4 nitrogen and oxygen atoms in total. The lowest BCUT2D eigenvalue weighted by Crippen LogP contribution is -2.42.